The molecule has 0 fully saturated rings. The molecule has 0 rings (SSSR count). The van der Waals surface area contributed by atoms with E-state index in [1.54, 1.807) is 4.90 Å². The van der Waals surface area contributed by atoms with Crippen LogP contribution in [0.5, 0.6) is 0 Å². The average molecular weight is 250 g/mol. The van der Waals surface area contributed by atoms with Gasteiger partial charge in [0.05, 0.1) is 12.5 Å². The van der Waals surface area contributed by atoms with Crippen molar-refractivity contribution in [1.82, 2.24) is 4.90 Å². The van der Waals surface area contributed by atoms with Gasteiger partial charge in [0.1, 0.15) is 6.23 Å². The van der Waals surface area contributed by atoms with Crippen LogP contribution in [0, 0.1) is 11.3 Å². The van der Waals surface area contributed by atoms with Crippen molar-refractivity contribution >= 4 is 7.82 Å². The van der Waals surface area contributed by atoms with Crippen LogP contribution in [0.25, 0.3) is 0 Å². The number of hydrogen-bond acceptors (Lipinski definition) is 4. The molecule has 0 aromatic rings. The molecule has 94 valence electrons. The summed E-state index contributed by atoms with van der Waals surface area (Å²) in [6.07, 6.45) is -0.965. The van der Waals surface area contributed by atoms with Gasteiger partial charge in [-0.1, -0.05) is 0 Å². The molecule has 0 heterocycles. The van der Waals surface area contributed by atoms with Crippen LogP contribution in [0.4, 0.5) is 0 Å². The maximum Gasteiger partial charge on any atom is 0.471 e. The van der Waals surface area contributed by atoms with Gasteiger partial charge >= 0.3 is 7.82 Å². The maximum absolute atomic E-state index is 10.8. The number of nitrogens with zero attached hydrogens (tertiary/aromatic N) is 2. The Bertz CT molecular complexity index is 286. The third kappa shape index (κ3) is 5.59. The van der Waals surface area contributed by atoms with E-state index in [1.807, 2.05) is 33.8 Å². The van der Waals surface area contributed by atoms with Gasteiger partial charge in [-0.15, -0.1) is 0 Å². The summed E-state index contributed by atoms with van der Waals surface area (Å²) in [5.41, 5.74) is 0. The predicted molar refractivity (Wildman–Crippen MR) is 59.3 cm³/mol. The number of rotatable bonds is 6. The molecule has 0 aliphatic carbocycles. The van der Waals surface area contributed by atoms with E-state index >= 15 is 0 Å². The van der Waals surface area contributed by atoms with Crippen LogP contribution in [0.2, 0.25) is 0 Å². The minimum absolute atomic E-state index is 0.0323. The first-order valence-corrected chi connectivity index (χ1v) is 6.60. The second-order valence-corrected chi connectivity index (χ2v) is 5.24. The highest BCUT2D eigenvalue weighted by Gasteiger charge is 2.30. The van der Waals surface area contributed by atoms with E-state index in [0.29, 0.717) is 0 Å². The first-order valence-electron chi connectivity index (χ1n) is 5.07. The lowest BCUT2D eigenvalue weighted by atomic mass is 10.2. The van der Waals surface area contributed by atoms with Crippen molar-refractivity contribution in [2.45, 2.75) is 52.4 Å². The van der Waals surface area contributed by atoms with Gasteiger partial charge in [-0.2, -0.15) is 5.26 Å². The predicted octanol–water partition coefficient (Wildman–Crippen LogP) is 1.45. The molecule has 0 aliphatic heterocycles. The van der Waals surface area contributed by atoms with Gasteiger partial charge in [-0.05, 0) is 27.7 Å². The largest absolute Gasteiger partial charge is 0.471 e. The summed E-state index contributed by atoms with van der Waals surface area (Å²) in [6, 6.07) is 1.94. The molecule has 0 aromatic heterocycles. The third-order valence-electron chi connectivity index (χ3n) is 2.05. The molecule has 7 heteroatoms. The minimum Gasteiger partial charge on any atom is -0.303 e. The molecule has 0 bridgehead atoms. The van der Waals surface area contributed by atoms with Crippen LogP contribution in [0.15, 0.2) is 0 Å². The van der Waals surface area contributed by atoms with Crippen molar-refractivity contribution in [3.05, 3.63) is 0 Å². The van der Waals surface area contributed by atoms with Crippen LogP contribution in [-0.4, -0.2) is 33.0 Å². The zero-order valence-electron chi connectivity index (χ0n) is 9.99. The Morgan fingerprint density at radius 2 is 1.75 bits per heavy atom. The molecule has 0 radical (unpaired) electrons. The standard InChI is InChI=1S/C9H19N2O4P/c1-7(2)11(8(3)4)9(5-6-10)15-16(12,13)14/h7-9H,5H2,1-4H3,(H2,12,13,14). The lowest BCUT2D eigenvalue weighted by Crippen LogP contribution is -2.45. The summed E-state index contributed by atoms with van der Waals surface area (Å²) in [5, 5.41) is 8.64. The second-order valence-electron chi connectivity index (χ2n) is 4.05. The highest BCUT2D eigenvalue weighted by Crippen LogP contribution is 2.39. The Kier molecular flexibility index (Phi) is 6.16. The summed E-state index contributed by atoms with van der Waals surface area (Å²) in [5.74, 6) is 0. The first-order chi connectivity index (χ1) is 7.19. The second kappa shape index (κ2) is 6.33. The molecule has 0 saturated carbocycles. The van der Waals surface area contributed by atoms with Crippen LogP contribution in [0.1, 0.15) is 34.1 Å². The van der Waals surface area contributed by atoms with E-state index in [2.05, 4.69) is 4.52 Å². The zero-order chi connectivity index (χ0) is 12.9. The van der Waals surface area contributed by atoms with Gasteiger partial charge in [0.25, 0.3) is 0 Å². The molecule has 0 saturated heterocycles. The highest BCUT2D eigenvalue weighted by molar-refractivity contribution is 7.46. The van der Waals surface area contributed by atoms with Gasteiger partial charge in [0.15, 0.2) is 0 Å². The van der Waals surface area contributed by atoms with Gasteiger partial charge < -0.3 is 9.79 Å². The fourth-order valence-corrected chi connectivity index (χ4v) is 2.20. The van der Waals surface area contributed by atoms with Crippen LogP contribution in [-0.2, 0) is 9.09 Å². The van der Waals surface area contributed by atoms with Crippen molar-refractivity contribution in [3.8, 4) is 6.07 Å². The molecule has 0 aromatic carbocycles. The van der Waals surface area contributed by atoms with Gasteiger partial charge in [-0.3, -0.25) is 9.42 Å². The van der Waals surface area contributed by atoms with E-state index in [-0.39, 0.29) is 18.5 Å². The summed E-state index contributed by atoms with van der Waals surface area (Å²) in [7, 11) is -4.58. The number of hydrogen-bond donors (Lipinski definition) is 2. The zero-order valence-corrected chi connectivity index (χ0v) is 10.9. The minimum atomic E-state index is -4.58. The van der Waals surface area contributed by atoms with Gasteiger partial charge in [-0.25, -0.2) is 4.57 Å². The van der Waals surface area contributed by atoms with E-state index in [9.17, 15) is 4.57 Å². The maximum atomic E-state index is 10.8. The molecule has 1 atom stereocenters. The van der Waals surface area contributed by atoms with E-state index < -0.39 is 14.1 Å². The first kappa shape index (κ1) is 15.6. The number of nitriles is 1. The topological polar surface area (TPSA) is 93.8 Å². The highest BCUT2D eigenvalue weighted by atomic mass is 31.2. The lowest BCUT2D eigenvalue weighted by Gasteiger charge is -2.36. The molecular formula is C9H19N2O4P. The molecule has 1 unspecified atom stereocenters. The van der Waals surface area contributed by atoms with Crippen molar-refractivity contribution < 1.29 is 18.9 Å². The van der Waals surface area contributed by atoms with Crippen LogP contribution in [0.3, 0.4) is 0 Å². The van der Waals surface area contributed by atoms with Gasteiger partial charge in [0, 0.05) is 12.1 Å². The molecule has 0 spiro atoms. The van der Waals surface area contributed by atoms with Gasteiger partial charge in [0.2, 0.25) is 0 Å². The Morgan fingerprint density at radius 3 is 2.00 bits per heavy atom. The fraction of sp³-hybridized carbons (Fsp3) is 0.889. The molecule has 16 heavy (non-hydrogen) atoms. The smallest absolute Gasteiger partial charge is 0.303 e. The Labute approximate surface area is 96.1 Å². The lowest BCUT2D eigenvalue weighted by molar-refractivity contribution is -0.0309. The summed E-state index contributed by atoms with van der Waals surface area (Å²) in [6.45, 7) is 7.53. The average Bonchev–Trinajstić information content (AvgIpc) is 1.99. The Balaban J connectivity index is 4.86. The van der Waals surface area contributed by atoms with Crippen LogP contribution >= 0.6 is 7.82 Å². The van der Waals surface area contributed by atoms with Crippen molar-refractivity contribution in [1.29, 1.82) is 5.26 Å². The molecule has 2 N–H and O–H groups in total. The van der Waals surface area contributed by atoms with Crippen LogP contribution < -0.4 is 0 Å². The normalized spacial score (nSPS) is 14.5. The quantitative estimate of drug-likeness (QED) is 0.547. The monoisotopic (exact) mass is 250 g/mol. The molecular weight excluding hydrogens is 231 g/mol. The Hall–Kier alpha value is -0.440. The Morgan fingerprint density at radius 1 is 1.31 bits per heavy atom. The SMILES string of the molecule is CC(C)N(C(C)C)C(CC#N)OP(=O)(O)O. The number of phosphoric ester groups is 1. The number of phosphoric acid groups is 1. The van der Waals surface area contributed by atoms with Crippen molar-refractivity contribution in [2.75, 3.05) is 0 Å². The van der Waals surface area contributed by atoms with E-state index in [4.69, 9.17) is 15.0 Å². The van der Waals surface area contributed by atoms with Crippen molar-refractivity contribution in [2.24, 2.45) is 0 Å². The summed E-state index contributed by atoms with van der Waals surface area (Å²) >= 11 is 0. The third-order valence-corrected chi connectivity index (χ3v) is 2.57. The molecule has 6 nitrogen and oxygen atoms in total. The summed E-state index contributed by atoms with van der Waals surface area (Å²) < 4.78 is 15.4. The molecule has 0 aliphatic rings. The summed E-state index contributed by atoms with van der Waals surface area (Å²) in [4.78, 5) is 19.3. The molecule has 0 amide bonds. The van der Waals surface area contributed by atoms with Crippen molar-refractivity contribution in [3.63, 3.8) is 0 Å². The fourth-order valence-electron chi connectivity index (χ4n) is 1.70. The van der Waals surface area contributed by atoms with E-state index in [0.717, 1.165) is 0 Å². The van der Waals surface area contributed by atoms with E-state index in [1.165, 1.54) is 0 Å².